The fraction of sp³-hybridized carbons (Fsp3) is 0.467. The summed E-state index contributed by atoms with van der Waals surface area (Å²) in [6.07, 6.45) is 0. The van der Waals surface area contributed by atoms with E-state index in [1.807, 2.05) is 6.07 Å². The zero-order chi connectivity index (χ0) is 14.2. The normalized spacial score (nSPS) is 18.0. The van der Waals surface area contributed by atoms with Gasteiger partial charge in [-0.05, 0) is 18.7 Å². The van der Waals surface area contributed by atoms with Gasteiger partial charge in [0.25, 0.3) is 0 Å². The average Bonchev–Trinajstić information content (AvgIpc) is 3.08. The molecule has 1 aliphatic heterocycles. The molecule has 0 atom stereocenters. The summed E-state index contributed by atoms with van der Waals surface area (Å²) in [4.78, 5) is 10.6. The molecule has 1 saturated heterocycles. The number of imidazole rings is 1. The minimum Gasteiger partial charge on any atom is -0.301 e. The van der Waals surface area contributed by atoms with E-state index in [4.69, 9.17) is 0 Å². The third kappa shape index (κ3) is 2.33. The molecule has 1 fully saturated rings. The predicted octanol–water partition coefficient (Wildman–Crippen LogP) is 2.08. The van der Waals surface area contributed by atoms with E-state index in [1.165, 1.54) is 17.0 Å². The van der Waals surface area contributed by atoms with E-state index in [9.17, 15) is 0 Å². The highest BCUT2D eigenvalue weighted by Crippen LogP contribution is 2.22. The van der Waals surface area contributed by atoms with Crippen LogP contribution in [0.3, 0.4) is 0 Å². The van der Waals surface area contributed by atoms with Gasteiger partial charge in [0.2, 0.25) is 4.96 Å². The molecule has 0 unspecified atom stereocenters. The van der Waals surface area contributed by atoms with E-state index in [0.717, 1.165) is 55.6 Å². The lowest BCUT2D eigenvalue weighted by atomic mass is 10.3. The highest BCUT2D eigenvalue weighted by Gasteiger charge is 2.19. The van der Waals surface area contributed by atoms with E-state index in [1.54, 1.807) is 0 Å². The molecule has 0 bridgehead atoms. The van der Waals surface area contributed by atoms with Crippen LogP contribution < -0.4 is 0 Å². The van der Waals surface area contributed by atoms with E-state index in [0.29, 0.717) is 0 Å². The third-order valence-corrected chi connectivity index (χ3v) is 5.04. The lowest BCUT2D eigenvalue weighted by molar-refractivity contribution is 0.129. The van der Waals surface area contributed by atoms with Crippen molar-refractivity contribution in [1.82, 2.24) is 23.6 Å². The monoisotopic (exact) mass is 301 g/mol. The fourth-order valence-corrected chi connectivity index (χ4v) is 3.76. The van der Waals surface area contributed by atoms with Crippen molar-refractivity contribution in [1.29, 1.82) is 0 Å². The van der Waals surface area contributed by atoms with Crippen molar-refractivity contribution in [2.24, 2.45) is 0 Å². The molecule has 0 aliphatic carbocycles. The number of hydrogen-bond acceptors (Lipinski definition) is 5. The van der Waals surface area contributed by atoms with Crippen molar-refractivity contribution in [2.45, 2.75) is 13.5 Å². The van der Waals surface area contributed by atoms with Gasteiger partial charge < -0.3 is 4.90 Å². The van der Waals surface area contributed by atoms with Crippen LogP contribution in [0.15, 0.2) is 24.3 Å². The summed E-state index contributed by atoms with van der Waals surface area (Å²) >= 11 is 1.50. The summed E-state index contributed by atoms with van der Waals surface area (Å²) in [6, 6.07) is 8.30. The van der Waals surface area contributed by atoms with Crippen LogP contribution in [0.5, 0.6) is 0 Å². The Morgan fingerprint density at radius 3 is 2.67 bits per heavy atom. The first kappa shape index (κ1) is 13.2. The average molecular weight is 301 g/mol. The van der Waals surface area contributed by atoms with E-state index < -0.39 is 0 Å². The third-order valence-electron chi connectivity index (χ3n) is 4.30. The van der Waals surface area contributed by atoms with Crippen LogP contribution in [-0.2, 0) is 6.54 Å². The molecular weight excluding hydrogens is 282 g/mol. The zero-order valence-electron chi connectivity index (χ0n) is 12.2. The van der Waals surface area contributed by atoms with E-state index >= 15 is 0 Å². The first-order valence-corrected chi connectivity index (χ1v) is 8.29. The molecule has 110 valence electrons. The second kappa shape index (κ2) is 5.36. The smallest absolute Gasteiger partial charge is 0.214 e. The highest BCUT2D eigenvalue weighted by molar-refractivity contribution is 7.11. The number of fused-ring (bicyclic) bond motifs is 3. The molecule has 3 heterocycles. The van der Waals surface area contributed by atoms with Gasteiger partial charge in [-0.1, -0.05) is 19.1 Å². The quantitative estimate of drug-likeness (QED) is 0.742. The van der Waals surface area contributed by atoms with Crippen LogP contribution >= 0.6 is 11.5 Å². The van der Waals surface area contributed by atoms with Crippen molar-refractivity contribution in [3.05, 3.63) is 30.1 Å². The summed E-state index contributed by atoms with van der Waals surface area (Å²) < 4.78 is 6.84. The lowest BCUT2D eigenvalue weighted by Gasteiger charge is -2.33. The number of hydrogen-bond donors (Lipinski definition) is 0. The molecule has 0 spiro atoms. The maximum atomic E-state index is 4.65. The Labute approximate surface area is 128 Å². The number of nitrogens with zero attached hydrogens (tertiary/aromatic N) is 5. The van der Waals surface area contributed by atoms with Crippen molar-refractivity contribution in [3.63, 3.8) is 0 Å². The van der Waals surface area contributed by atoms with Crippen molar-refractivity contribution in [2.75, 3.05) is 32.7 Å². The summed E-state index contributed by atoms with van der Waals surface area (Å²) in [6.45, 7) is 8.87. The van der Waals surface area contributed by atoms with Gasteiger partial charge in [0, 0.05) is 37.7 Å². The van der Waals surface area contributed by atoms with Crippen LogP contribution in [0.4, 0.5) is 0 Å². The summed E-state index contributed by atoms with van der Waals surface area (Å²) in [5, 5.41) is 0. The molecule has 6 heteroatoms. The predicted molar refractivity (Wildman–Crippen MR) is 85.8 cm³/mol. The minimum atomic E-state index is 0.915. The Morgan fingerprint density at radius 2 is 1.86 bits per heavy atom. The van der Waals surface area contributed by atoms with Gasteiger partial charge in [0.05, 0.1) is 17.6 Å². The maximum absolute atomic E-state index is 4.65. The molecule has 4 rings (SSSR count). The van der Waals surface area contributed by atoms with Gasteiger partial charge in [-0.25, -0.2) is 4.98 Å². The molecule has 21 heavy (non-hydrogen) atoms. The number of likely N-dealkylation sites (N-methyl/N-ethyl adjacent to an activating group) is 1. The van der Waals surface area contributed by atoms with Crippen LogP contribution in [0.1, 0.15) is 12.7 Å². The number of rotatable bonds is 3. The van der Waals surface area contributed by atoms with Gasteiger partial charge in [0.15, 0.2) is 0 Å². The van der Waals surface area contributed by atoms with Crippen LogP contribution in [0, 0.1) is 0 Å². The molecule has 2 aromatic heterocycles. The largest absolute Gasteiger partial charge is 0.301 e. The van der Waals surface area contributed by atoms with Gasteiger partial charge >= 0.3 is 0 Å². The Hall–Kier alpha value is -1.50. The zero-order valence-corrected chi connectivity index (χ0v) is 13.0. The van der Waals surface area contributed by atoms with Crippen LogP contribution in [0.25, 0.3) is 16.0 Å². The van der Waals surface area contributed by atoms with E-state index in [-0.39, 0.29) is 0 Å². The Bertz CT molecular complexity index is 754. The second-order valence-electron chi connectivity index (χ2n) is 5.53. The first-order chi connectivity index (χ1) is 10.3. The van der Waals surface area contributed by atoms with Crippen LogP contribution in [-0.4, -0.2) is 56.3 Å². The molecule has 0 amide bonds. The molecule has 3 aromatic rings. The number of piperazine rings is 1. The molecule has 0 N–H and O–H groups in total. The van der Waals surface area contributed by atoms with Crippen LogP contribution in [0.2, 0.25) is 0 Å². The van der Waals surface area contributed by atoms with Gasteiger partial charge in [0.1, 0.15) is 5.82 Å². The standard InChI is InChI=1S/C15H19N5S/c1-2-18-7-9-19(10-8-18)11-14-17-21-15-16-12-5-3-4-6-13(12)20(14)15/h3-6H,2,7-11H2,1H3. The highest BCUT2D eigenvalue weighted by atomic mass is 32.1. The number of aromatic nitrogens is 3. The minimum absolute atomic E-state index is 0.915. The molecular formula is C15H19N5S. The SMILES string of the molecule is CCN1CCN(Cc2nsc3nc4ccccc4n23)CC1. The van der Waals surface area contributed by atoms with Gasteiger partial charge in [-0.15, -0.1) is 0 Å². The molecule has 1 aliphatic rings. The Morgan fingerprint density at radius 1 is 1.10 bits per heavy atom. The van der Waals surface area contributed by atoms with E-state index in [2.05, 4.69) is 48.7 Å². The summed E-state index contributed by atoms with van der Waals surface area (Å²) in [7, 11) is 0. The fourth-order valence-electron chi connectivity index (χ4n) is 3.01. The number of para-hydroxylation sites is 2. The van der Waals surface area contributed by atoms with Crippen molar-refractivity contribution < 1.29 is 0 Å². The topological polar surface area (TPSA) is 36.7 Å². The summed E-state index contributed by atoms with van der Waals surface area (Å²) in [5.41, 5.74) is 2.23. The first-order valence-electron chi connectivity index (χ1n) is 7.51. The number of benzene rings is 1. The maximum Gasteiger partial charge on any atom is 0.214 e. The van der Waals surface area contributed by atoms with Gasteiger partial charge in [-0.3, -0.25) is 9.30 Å². The lowest BCUT2D eigenvalue weighted by Crippen LogP contribution is -2.45. The molecule has 1 aromatic carbocycles. The molecule has 5 nitrogen and oxygen atoms in total. The second-order valence-corrected chi connectivity index (χ2v) is 6.26. The van der Waals surface area contributed by atoms with Crippen molar-refractivity contribution >= 4 is 27.5 Å². The Kier molecular flexibility index (Phi) is 3.37. The summed E-state index contributed by atoms with van der Waals surface area (Å²) in [5.74, 6) is 1.12. The molecule has 0 radical (unpaired) electrons. The van der Waals surface area contributed by atoms with Crippen molar-refractivity contribution in [3.8, 4) is 0 Å². The molecule has 0 saturated carbocycles. The Balaban J connectivity index is 1.62. The van der Waals surface area contributed by atoms with Gasteiger partial charge in [-0.2, -0.15) is 4.37 Å².